The zero-order chi connectivity index (χ0) is 12.4. The molecule has 0 fully saturated rings. The summed E-state index contributed by atoms with van der Waals surface area (Å²) in [4.78, 5) is 5.43. The van der Waals surface area contributed by atoms with Gasteiger partial charge in [-0.1, -0.05) is 6.92 Å². The SMILES string of the molecule is CC(O)C(C)Sc1ccnc2cc(N)ccc12. The van der Waals surface area contributed by atoms with Crippen molar-refractivity contribution in [3.8, 4) is 0 Å². The molecule has 2 atom stereocenters. The summed E-state index contributed by atoms with van der Waals surface area (Å²) in [5, 5.41) is 10.8. The van der Waals surface area contributed by atoms with Gasteiger partial charge in [0.2, 0.25) is 0 Å². The van der Waals surface area contributed by atoms with Crippen molar-refractivity contribution >= 4 is 28.4 Å². The van der Waals surface area contributed by atoms with Gasteiger partial charge < -0.3 is 10.8 Å². The van der Waals surface area contributed by atoms with E-state index in [1.165, 1.54) is 0 Å². The summed E-state index contributed by atoms with van der Waals surface area (Å²) in [5.41, 5.74) is 7.35. The number of pyridine rings is 1. The van der Waals surface area contributed by atoms with Gasteiger partial charge in [0.25, 0.3) is 0 Å². The van der Waals surface area contributed by atoms with Gasteiger partial charge in [-0.2, -0.15) is 0 Å². The van der Waals surface area contributed by atoms with Crippen LogP contribution in [0, 0.1) is 0 Å². The summed E-state index contributed by atoms with van der Waals surface area (Å²) in [5.74, 6) is 0. The van der Waals surface area contributed by atoms with Crippen molar-refractivity contribution in [1.29, 1.82) is 0 Å². The van der Waals surface area contributed by atoms with Crippen molar-refractivity contribution in [2.75, 3.05) is 5.73 Å². The van der Waals surface area contributed by atoms with E-state index in [1.807, 2.05) is 31.2 Å². The molecule has 17 heavy (non-hydrogen) atoms. The number of aromatic nitrogens is 1. The number of hydrogen-bond donors (Lipinski definition) is 2. The predicted molar refractivity (Wildman–Crippen MR) is 73.2 cm³/mol. The Morgan fingerprint density at radius 3 is 2.76 bits per heavy atom. The van der Waals surface area contributed by atoms with E-state index in [0.717, 1.165) is 21.5 Å². The first-order chi connectivity index (χ1) is 8.08. The minimum absolute atomic E-state index is 0.151. The van der Waals surface area contributed by atoms with E-state index in [0.29, 0.717) is 0 Å². The number of anilines is 1. The van der Waals surface area contributed by atoms with E-state index in [-0.39, 0.29) is 11.4 Å². The van der Waals surface area contributed by atoms with Crippen LogP contribution >= 0.6 is 11.8 Å². The molecule has 0 spiro atoms. The zero-order valence-electron chi connectivity index (χ0n) is 9.92. The minimum atomic E-state index is -0.336. The fourth-order valence-corrected chi connectivity index (χ4v) is 2.58. The fourth-order valence-electron chi connectivity index (χ4n) is 1.54. The Morgan fingerprint density at radius 1 is 1.29 bits per heavy atom. The van der Waals surface area contributed by atoms with E-state index in [1.54, 1.807) is 24.9 Å². The number of benzene rings is 1. The molecule has 90 valence electrons. The lowest BCUT2D eigenvalue weighted by atomic mass is 10.2. The molecule has 2 rings (SSSR count). The Labute approximate surface area is 105 Å². The predicted octanol–water partition coefficient (Wildman–Crippen LogP) is 2.68. The van der Waals surface area contributed by atoms with E-state index in [4.69, 9.17) is 5.73 Å². The molecule has 1 aromatic heterocycles. The highest BCUT2D eigenvalue weighted by Gasteiger charge is 2.12. The normalized spacial score (nSPS) is 14.8. The third kappa shape index (κ3) is 2.70. The molecular weight excluding hydrogens is 232 g/mol. The third-order valence-electron chi connectivity index (χ3n) is 2.72. The molecule has 0 saturated heterocycles. The van der Waals surface area contributed by atoms with Crippen LogP contribution in [-0.2, 0) is 0 Å². The highest BCUT2D eigenvalue weighted by atomic mass is 32.2. The maximum absolute atomic E-state index is 9.54. The Bertz CT molecular complexity index is 528. The van der Waals surface area contributed by atoms with Crippen LogP contribution in [0.25, 0.3) is 10.9 Å². The molecule has 1 heterocycles. The number of aliphatic hydroxyl groups is 1. The Balaban J connectivity index is 2.41. The molecule has 2 aromatic rings. The monoisotopic (exact) mass is 248 g/mol. The van der Waals surface area contributed by atoms with Gasteiger partial charge in [-0.15, -0.1) is 11.8 Å². The second-order valence-electron chi connectivity index (χ2n) is 4.15. The molecule has 2 unspecified atom stereocenters. The van der Waals surface area contributed by atoms with Crippen molar-refractivity contribution in [2.45, 2.75) is 30.1 Å². The maximum Gasteiger partial charge on any atom is 0.0733 e. The average Bonchev–Trinajstić information content (AvgIpc) is 2.28. The summed E-state index contributed by atoms with van der Waals surface area (Å²) in [7, 11) is 0. The van der Waals surface area contributed by atoms with E-state index < -0.39 is 0 Å². The summed E-state index contributed by atoms with van der Waals surface area (Å²) < 4.78 is 0. The molecule has 0 radical (unpaired) electrons. The number of nitrogens with zero attached hydrogens (tertiary/aromatic N) is 1. The van der Waals surface area contributed by atoms with Crippen molar-refractivity contribution < 1.29 is 5.11 Å². The summed E-state index contributed by atoms with van der Waals surface area (Å²) in [6, 6.07) is 7.70. The number of nitrogen functional groups attached to an aromatic ring is 1. The third-order valence-corrected chi connectivity index (χ3v) is 4.09. The summed E-state index contributed by atoms with van der Waals surface area (Å²) in [6.45, 7) is 3.82. The highest BCUT2D eigenvalue weighted by Crippen LogP contribution is 2.31. The van der Waals surface area contributed by atoms with Crippen LogP contribution in [-0.4, -0.2) is 21.4 Å². The van der Waals surface area contributed by atoms with Gasteiger partial charge in [-0.25, -0.2) is 0 Å². The van der Waals surface area contributed by atoms with Crippen molar-refractivity contribution in [3.05, 3.63) is 30.5 Å². The molecule has 1 aromatic carbocycles. The van der Waals surface area contributed by atoms with Crippen molar-refractivity contribution in [3.63, 3.8) is 0 Å². The molecule has 0 aliphatic heterocycles. The van der Waals surface area contributed by atoms with Crippen molar-refractivity contribution in [2.24, 2.45) is 0 Å². The van der Waals surface area contributed by atoms with Gasteiger partial charge in [-0.05, 0) is 31.2 Å². The van der Waals surface area contributed by atoms with Gasteiger partial charge >= 0.3 is 0 Å². The molecule has 0 bridgehead atoms. The number of thioether (sulfide) groups is 1. The smallest absolute Gasteiger partial charge is 0.0733 e. The molecule has 3 N–H and O–H groups in total. The van der Waals surface area contributed by atoms with Gasteiger partial charge in [0, 0.05) is 27.4 Å². The van der Waals surface area contributed by atoms with Crippen LogP contribution in [0.15, 0.2) is 35.4 Å². The van der Waals surface area contributed by atoms with Gasteiger partial charge in [-0.3, -0.25) is 4.98 Å². The molecular formula is C13H16N2OS. The molecule has 0 saturated carbocycles. The van der Waals surface area contributed by atoms with Gasteiger partial charge in [0.05, 0.1) is 11.6 Å². The zero-order valence-corrected chi connectivity index (χ0v) is 10.7. The standard InChI is InChI=1S/C13H16N2OS/c1-8(16)9(2)17-13-5-6-15-12-7-10(14)3-4-11(12)13/h3-9,16H,14H2,1-2H3. The second-order valence-corrected chi connectivity index (χ2v) is 5.57. The number of fused-ring (bicyclic) bond motifs is 1. The van der Waals surface area contributed by atoms with E-state index in [2.05, 4.69) is 4.98 Å². The summed E-state index contributed by atoms with van der Waals surface area (Å²) >= 11 is 1.66. The second kappa shape index (κ2) is 4.94. The lowest BCUT2D eigenvalue weighted by Crippen LogP contribution is -2.14. The molecule has 0 amide bonds. The molecule has 0 aliphatic carbocycles. The fraction of sp³-hybridized carbons (Fsp3) is 0.308. The quantitative estimate of drug-likeness (QED) is 0.647. The average molecular weight is 248 g/mol. The topological polar surface area (TPSA) is 59.1 Å². The van der Waals surface area contributed by atoms with Crippen LogP contribution < -0.4 is 5.73 Å². The number of aliphatic hydroxyl groups excluding tert-OH is 1. The van der Waals surface area contributed by atoms with Crippen LogP contribution in [0.2, 0.25) is 0 Å². The van der Waals surface area contributed by atoms with Gasteiger partial charge in [0.15, 0.2) is 0 Å². The number of hydrogen-bond acceptors (Lipinski definition) is 4. The number of nitrogens with two attached hydrogens (primary N) is 1. The summed E-state index contributed by atoms with van der Waals surface area (Å²) in [6.07, 6.45) is 1.44. The molecule has 4 heteroatoms. The first-order valence-corrected chi connectivity index (χ1v) is 6.45. The lowest BCUT2D eigenvalue weighted by molar-refractivity contribution is 0.196. The largest absolute Gasteiger partial charge is 0.399 e. The van der Waals surface area contributed by atoms with Crippen LogP contribution in [0.1, 0.15) is 13.8 Å². The Hall–Kier alpha value is -1.26. The van der Waals surface area contributed by atoms with Crippen LogP contribution in [0.3, 0.4) is 0 Å². The van der Waals surface area contributed by atoms with Gasteiger partial charge in [0.1, 0.15) is 0 Å². The van der Waals surface area contributed by atoms with E-state index >= 15 is 0 Å². The Morgan fingerprint density at radius 2 is 2.06 bits per heavy atom. The first-order valence-electron chi connectivity index (χ1n) is 5.57. The highest BCUT2D eigenvalue weighted by molar-refractivity contribution is 8.00. The van der Waals surface area contributed by atoms with E-state index in [9.17, 15) is 5.11 Å². The maximum atomic E-state index is 9.54. The minimum Gasteiger partial charge on any atom is -0.399 e. The molecule has 0 aliphatic rings. The van der Waals surface area contributed by atoms with Crippen LogP contribution in [0.5, 0.6) is 0 Å². The van der Waals surface area contributed by atoms with Crippen LogP contribution in [0.4, 0.5) is 5.69 Å². The lowest BCUT2D eigenvalue weighted by Gasteiger charge is -2.15. The first kappa shape index (κ1) is 12.2. The Kier molecular flexibility index (Phi) is 3.54. The number of rotatable bonds is 3. The molecule has 3 nitrogen and oxygen atoms in total. The van der Waals surface area contributed by atoms with Crippen molar-refractivity contribution in [1.82, 2.24) is 4.98 Å².